The Hall–Kier alpha value is -0.910. The van der Waals surface area contributed by atoms with Gasteiger partial charge in [-0.25, -0.2) is 0 Å². The van der Waals surface area contributed by atoms with Crippen LogP contribution in [0.4, 0.5) is 0 Å². The Bertz CT molecular complexity index is 864. The Kier molecular flexibility index (Phi) is 51.0. The lowest BCUT2D eigenvalue weighted by molar-refractivity contribution is -0.131. The number of allylic oxidation sites excluding steroid dienone is 1. The van der Waals surface area contributed by atoms with E-state index in [0.29, 0.717) is 6.42 Å². The third-order valence-electron chi connectivity index (χ3n) is 13.4. The number of carbonyl (C=O) groups is 1. The molecule has 0 saturated heterocycles. The van der Waals surface area contributed by atoms with Gasteiger partial charge in [0.25, 0.3) is 0 Å². The Morgan fingerprint density at radius 1 is 0.393 bits per heavy atom. The molecule has 3 unspecified atom stereocenters. The van der Waals surface area contributed by atoms with Crippen molar-refractivity contribution in [2.75, 3.05) is 6.61 Å². The number of aliphatic hydroxyl groups excluding tert-OH is 3. The van der Waals surface area contributed by atoms with E-state index < -0.39 is 24.2 Å². The summed E-state index contributed by atoms with van der Waals surface area (Å²) in [6.45, 7) is 4.23. The van der Waals surface area contributed by atoms with E-state index in [1.807, 2.05) is 6.08 Å². The monoisotopic (exact) mass is 862 g/mol. The zero-order valence-corrected chi connectivity index (χ0v) is 41.6. The van der Waals surface area contributed by atoms with Gasteiger partial charge in [-0.05, 0) is 19.3 Å². The first-order valence-corrected chi connectivity index (χ1v) is 28.0. The molecule has 0 bridgehead atoms. The molecule has 0 spiro atoms. The molecule has 364 valence electrons. The summed E-state index contributed by atoms with van der Waals surface area (Å²) in [7, 11) is 0. The van der Waals surface area contributed by atoms with Crippen LogP contribution in [0.3, 0.4) is 0 Å². The van der Waals surface area contributed by atoms with Gasteiger partial charge in [0.05, 0.1) is 18.8 Å². The van der Waals surface area contributed by atoms with Crippen molar-refractivity contribution >= 4 is 5.91 Å². The molecule has 4 N–H and O–H groups in total. The molecule has 0 radical (unpaired) electrons. The molecule has 0 aliphatic rings. The molecule has 5 nitrogen and oxygen atoms in total. The van der Waals surface area contributed by atoms with Crippen LogP contribution < -0.4 is 5.32 Å². The normalized spacial score (nSPS) is 13.3. The highest BCUT2D eigenvalue weighted by Gasteiger charge is 2.22. The van der Waals surface area contributed by atoms with Gasteiger partial charge in [-0.1, -0.05) is 309 Å². The van der Waals surface area contributed by atoms with Gasteiger partial charge < -0.3 is 20.6 Å². The molecule has 0 aromatic heterocycles. The second kappa shape index (κ2) is 51.7. The minimum Gasteiger partial charge on any atom is -0.394 e. The Morgan fingerprint density at radius 3 is 0.902 bits per heavy atom. The molecule has 0 aliphatic heterocycles. The molecule has 0 saturated carbocycles. The number of unbranched alkanes of at least 4 members (excludes halogenated alkanes) is 44. The fourth-order valence-electron chi connectivity index (χ4n) is 9.01. The molecule has 3 atom stereocenters. The molecule has 0 rings (SSSR count). The standard InChI is InChI=1S/C56H111NO4/c1-3-5-7-9-11-13-15-17-19-21-23-25-27-29-31-33-35-37-39-41-43-45-47-49-51-55(60)56(61)57-53(52-58)54(59)50-48-46-44-42-40-38-36-34-32-30-28-26-24-22-20-18-16-14-12-10-8-6-4-2/h48,50,53-55,58-60H,3-47,49,51-52H2,1-2H3,(H,57,61)/b50-48+. The third-order valence-corrected chi connectivity index (χ3v) is 13.4. The van der Waals surface area contributed by atoms with Gasteiger partial charge in [-0.15, -0.1) is 0 Å². The van der Waals surface area contributed by atoms with Crippen LogP contribution in [0.5, 0.6) is 0 Å². The topological polar surface area (TPSA) is 89.8 Å². The first-order chi connectivity index (χ1) is 30.1. The van der Waals surface area contributed by atoms with Gasteiger partial charge in [0.15, 0.2) is 0 Å². The summed E-state index contributed by atoms with van der Waals surface area (Å²) in [4.78, 5) is 12.5. The number of hydrogen-bond acceptors (Lipinski definition) is 4. The second-order valence-corrected chi connectivity index (χ2v) is 19.5. The molecule has 0 aromatic carbocycles. The fraction of sp³-hybridized carbons (Fsp3) is 0.946. The number of amides is 1. The first kappa shape index (κ1) is 60.1. The van der Waals surface area contributed by atoms with Gasteiger partial charge in [-0.2, -0.15) is 0 Å². The van der Waals surface area contributed by atoms with Crippen LogP contribution in [0.15, 0.2) is 12.2 Å². The lowest BCUT2D eigenvalue weighted by Gasteiger charge is -2.21. The molecule has 0 fully saturated rings. The largest absolute Gasteiger partial charge is 0.394 e. The average molecular weight is 863 g/mol. The highest BCUT2D eigenvalue weighted by atomic mass is 16.3. The molecule has 61 heavy (non-hydrogen) atoms. The van der Waals surface area contributed by atoms with E-state index in [1.165, 1.54) is 263 Å². The smallest absolute Gasteiger partial charge is 0.249 e. The quantitative estimate of drug-likeness (QED) is 0.0362. The predicted molar refractivity (Wildman–Crippen MR) is 269 cm³/mol. The van der Waals surface area contributed by atoms with Crippen molar-refractivity contribution in [1.82, 2.24) is 5.32 Å². The van der Waals surface area contributed by atoms with Crippen LogP contribution in [0.1, 0.15) is 316 Å². The summed E-state index contributed by atoms with van der Waals surface area (Å²) in [5, 5.41) is 33.4. The van der Waals surface area contributed by atoms with Crippen LogP contribution >= 0.6 is 0 Å². The highest BCUT2D eigenvalue weighted by molar-refractivity contribution is 5.80. The number of aliphatic hydroxyl groups is 3. The lowest BCUT2D eigenvalue weighted by atomic mass is 10.0. The Balaban J connectivity index is 3.54. The average Bonchev–Trinajstić information content (AvgIpc) is 3.26. The summed E-state index contributed by atoms with van der Waals surface area (Å²) < 4.78 is 0. The molecule has 1 amide bonds. The van der Waals surface area contributed by atoms with Crippen molar-refractivity contribution in [2.24, 2.45) is 0 Å². The molecular formula is C56H111NO4. The zero-order chi connectivity index (χ0) is 44.4. The third kappa shape index (κ3) is 46.9. The van der Waals surface area contributed by atoms with Crippen molar-refractivity contribution in [3.8, 4) is 0 Å². The van der Waals surface area contributed by atoms with E-state index in [4.69, 9.17) is 0 Å². The van der Waals surface area contributed by atoms with E-state index in [0.717, 1.165) is 32.1 Å². The van der Waals surface area contributed by atoms with Crippen molar-refractivity contribution < 1.29 is 20.1 Å². The minimum atomic E-state index is -1.09. The van der Waals surface area contributed by atoms with E-state index in [9.17, 15) is 20.1 Å². The van der Waals surface area contributed by atoms with Gasteiger partial charge in [0.1, 0.15) is 6.10 Å². The highest BCUT2D eigenvalue weighted by Crippen LogP contribution is 2.18. The SMILES string of the molecule is CCCCCCCCCCCCCCCCCCCCCCC/C=C/C(O)C(CO)NC(=O)C(O)CCCCCCCCCCCCCCCCCCCCCCCCCC. The van der Waals surface area contributed by atoms with Crippen molar-refractivity contribution in [3.63, 3.8) is 0 Å². The summed E-state index contributed by atoms with van der Waals surface area (Å²) in [6.07, 6.45) is 64.3. The first-order valence-electron chi connectivity index (χ1n) is 28.0. The van der Waals surface area contributed by atoms with Crippen LogP contribution in [-0.2, 0) is 4.79 Å². The maximum atomic E-state index is 12.5. The van der Waals surface area contributed by atoms with Crippen molar-refractivity contribution in [2.45, 2.75) is 334 Å². The van der Waals surface area contributed by atoms with Crippen LogP contribution in [-0.4, -0.2) is 46.1 Å². The summed E-state index contributed by atoms with van der Waals surface area (Å²) in [6, 6.07) is -0.794. The van der Waals surface area contributed by atoms with Crippen molar-refractivity contribution in [3.05, 3.63) is 12.2 Å². The number of rotatable bonds is 52. The molecular weight excluding hydrogens is 751 g/mol. The van der Waals surface area contributed by atoms with E-state index in [2.05, 4.69) is 19.2 Å². The van der Waals surface area contributed by atoms with Gasteiger partial charge in [0.2, 0.25) is 5.91 Å². The van der Waals surface area contributed by atoms with Crippen LogP contribution in [0, 0.1) is 0 Å². The Labute approximate surface area is 382 Å². The molecule has 0 heterocycles. The zero-order valence-electron chi connectivity index (χ0n) is 41.6. The van der Waals surface area contributed by atoms with Crippen LogP contribution in [0.25, 0.3) is 0 Å². The van der Waals surface area contributed by atoms with E-state index in [-0.39, 0.29) is 6.61 Å². The van der Waals surface area contributed by atoms with E-state index >= 15 is 0 Å². The maximum absolute atomic E-state index is 12.5. The van der Waals surface area contributed by atoms with Gasteiger partial charge in [0, 0.05) is 0 Å². The number of nitrogens with one attached hydrogen (secondary N) is 1. The summed E-state index contributed by atoms with van der Waals surface area (Å²) in [5.74, 6) is -0.495. The van der Waals surface area contributed by atoms with E-state index in [1.54, 1.807) is 6.08 Å². The lowest BCUT2D eigenvalue weighted by Crippen LogP contribution is -2.48. The van der Waals surface area contributed by atoms with Crippen molar-refractivity contribution in [1.29, 1.82) is 0 Å². The summed E-state index contributed by atoms with van der Waals surface area (Å²) >= 11 is 0. The number of hydrogen-bond donors (Lipinski definition) is 4. The second-order valence-electron chi connectivity index (χ2n) is 19.5. The van der Waals surface area contributed by atoms with Crippen LogP contribution in [0.2, 0.25) is 0 Å². The van der Waals surface area contributed by atoms with Gasteiger partial charge >= 0.3 is 0 Å². The summed E-state index contributed by atoms with van der Waals surface area (Å²) in [5.41, 5.74) is 0. The fourth-order valence-corrected chi connectivity index (χ4v) is 9.01. The molecule has 0 aromatic rings. The molecule has 5 heteroatoms. The Morgan fingerprint density at radius 2 is 0.639 bits per heavy atom. The maximum Gasteiger partial charge on any atom is 0.249 e. The minimum absolute atomic E-state index is 0.358. The number of carbonyl (C=O) groups excluding carboxylic acids is 1. The molecule has 0 aliphatic carbocycles. The predicted octanol–water partition coefficient (Wildman–Crippen LogP) is 17.1. The van der Waals surface area contributed by atoms with Gasteiger partial charge in [-0.3, -0.25) is 4.79 Å².